The van der Waals surface area contributed by atoms with E-state index in [1.54, 1.807) is 0 Å². The minimum Gasteiger partial charge on any atom is -0.485 e. The van der Waals surface area contributed by atoms with Gasteiger partial charge in [0.2, 0.25) is 6.10 Å². The molecule has 6 heteroatoms. The lowest BCUT2D eigenvalue weighted by Crippen LogP contribution is -2.51. The van der Waals surface area contributed by atoms with Gasteiger partial charge in [0.15, 0.2) is 11.5 Å². The van der Waals surface area contributed by atoms with Gasteiger partial charge < -0.3 is 19.7 Å². The van der Waals surface area contributed by atoms with Crippen molar-refractivity contribution in [2.24, 2.45) is 11.8 Å². The summed E-state index contributed by atoms with van der Waals surface area (Å²) in [5.41, 5.74) is 0. The maximum absolute atomic E-state index is 12.7. The summed E-state index contributed by atoms with van der Waals surface area (Å²) in [6.45, 7) is 4.11. The summed E-state index contributed by atoms with van der Waals surface area (Å²) < 4.78 is 11.5. The second-order valence-electron chi connectivity index (χ2n) is 6.12. The zero-order valence-electron chi connectivity index (χ0n) is 12.4. The normalized spacial score (nSPS) is 29.5. The Morgan fingerprint density at radius 3 is 2.82 bits per heavy atom. The minimum atomic E-state index is -0.509. The third-order valence-corrected chi connectivity index (χ3v) is 4.80. The van der Waals surface area contributed by atoms with E-state index in [1.165, 1.54) is 0 Å². The first-order valence-corrected chi connectivity index (χ1v) is 7.69. The van der Waals surface area contributed by atoms with Crippen LogP contribution in [0, 0.1) is 11.8 Å². The Bertz CT molecular complexity index is 554. The van der Waals surface area contributed by atoms with E-state index in [-0.39, 0.29) is 18.3 Å². The highest BCUT2D eigenvalue weighted by Crippen LogP contribution is 2.32. The Balaban J connectivity index is 0.00000144. The second-order valence-corrected chi connectivity index (χ2v) is 6.12. The topological polar surface area (TPSA) is 50.8 Å². The molecule has 1 aromatic carbocycles. The van der Waals surface area contributed by atoms with Crippen LogP contribution in [0.5, 0.6) is 11.5 Å². The third kappa shape index (κ3) is 2.75. The van der Waals surface area contributed by atoms with Crippen molar-refractivity contribution < 1.29 is 14.3 Å². The van der Waals surface area contributed by atoms with E-state index >= 15 is 0 Å². The molecule has 120 valence electrons. The van der Waals surface area contributed by atoms with Crippen molar-refractivity contribution >= 4 is 18.3 Å². The molecular weight excluding hydrogens is 304 g/mol. The number of carbonyl (C=O) groups excluding carboxylic acids is 1. The molecule has 0 aliphatic carbocycles. The Morgan fingerprint density at radius 2 is 1.95 bits per heavy atom. The smallest absolute Gasteiger partial charge is 0.267 e. The number of rotatable bonds is 1. The fraction of sp³-hybridized carbons (Fsp3) is 0.562. The van der Waals surface area contributed by atoms with Crippen LogP contribution in [0.4, 0.5) is 0 Å². The highest BCUT2D eigenvalue weighted by Gasteiger charge is 2.38. The van der Waals surface area contributed by atoms with E-state index < -0.39 is 6.10 Å². The van der Waals surface area contributed by atoms with Gasteiger partial charge in [-0.3, -0.25) is 4.79 Å². The van der Waals surface area contributed by atoms with Gasteiger partial charge in [-0.15, -0.1) is 12.4 Å². The van der Waals surface area contributed by atoms with E-state index in [4.69, 9.17) is 9.47 Å². The maximum Gasteiger partial charge on any atom is 0.267 e. The van der Waals surface area contributed by atoms with Crippen molar-refractivity contribution in [1.82, 2.24) is 10.2 Å². The van der Waals surface area contributed by atoms with Gasteiger partial charge in [0.05, 0.1) is 0 Å². The average Bonchev–Trinajstić information content (AvgIpc) is 3.01. The van der Waals surface area contributed by atoms with Crippen LogP contribution in [-0.2, 0) is 4.79 Å². The Morgan fingerprint density at radius 1 is 1.18 bits per heavy atom. The lowest BCUT2D eigenvalue weighted by molar-refractivity contribution is -0.143. The predicted molar refractivity (Wildman–Crippen MR) is 84.6 cm³/mol. The number of nitrogens with zero attached hydrogens (tertiary/aromatic N) is 1. The van der Waals surface area contributed by atoms with Crippen LogP contribution in [0.25, 0.3) is 0 Å². The van der Waals surface area contributed by atoms with Crippen molar-refractivity contribution in [2.75, 3.05) is 32.8 Å². The summed E-state index contributed by atoms with van der Waals surface area (Å²) in [4.78, 5) is 14.6. The van der Waals surface area contributed by atoms with Gasteiger partial charge in [-0.2, -0.15) is 0 Å². The first-order chi connectivity index (χ1) is 10.3. The van der Waals surface area contributed by atoms with Crippen molar-refractivity contribution in [3.63, 3.8) is 0 Å². The third-order valence-electron chi connectivity index (χ3n) is 4.80. The molecule has 3 heterocycles. The van der Waals surface area contributed by atoms with E-state index in [9.17, 15) is 4.79 Å². The summed E-state index contributed by atoms with van der Waals surface area (Å²) in [5, 5.41) is 3.42. The van der Waals surface area contributed by atoms with Gasteiger partial charge in [0.25, 0.3) is 5.91 Å². The van der Waals surface area contributed by atoms with E-state index in [0.717, 1.165) is 44.3 Å². The summed E-state index contributed by atoms with van der Waals surface area (Å²) in [6.07, 6.45) is 0.582. The van der Waals surface area contributed by atoms with Gasteiger partial charge in [-0.05, 0) is 43.5 Å². The van der Waals surface area contributed by atoms with Crippen LogP contribution in [-0.4, -0.2) is 49.7 Å². The molecule has 0 aromatic heterocycles. The fourth-order valence-corrected chi connectivity index (χ4v) is 3.58. The zero-order chi connectivity index (χ0) is 14.2. The number of piperidine rings is 1. The van der Waals surface area contributed by atoms with Gasteiger partial charge in [-0.25, -0.2) is 0 Å². The molecule has 2 fully saturated rings. The molecular formula is C16H21ClN2O3. The number of likely N-dealkylation sites (tertiary alicyclic amines) is 1. The monoisotopic (exact) mass is 324 g/mol. The highest BCUT2D eigenvalue weighted by molar-refractivity contribution is 5.85. The lowest BCUT2D eigenvalue weighted by atomic mass is 9.88. The number of nitrogens with one attached hydrogen (secondary N) is 1. The molecule has 2 saturated heterocycles. The summed E-state index contributed by atoms with van der Waals surface area (Å²) in [6, 6.07) is 7.51. The maximum atomic E-state index is 12.7. The van der Waals surface area contributed by atoms with Crippen molar-refractivity contribution in [3.05, 3.63) is 24.3 Å². The number of hydrogen-bond acceptors (Lipinski definition) is 4. The minimum absolute atomic E-state index is 0. The van der Waals surface area contributed by atoms with Gasteiger partial charge >= 0.3 is 0 Å². The standard InChI is InChI=1S/C16H20N2O3.ClH/c19-16(18-6-5-11-7-17-8-12(11)9-18)15-10-20-13-3-1-2-4-14(13)21-15;/h1-4,11-12,15,17H,5-10H2;1H. The van der Waals surface area contributed by atoms with Crippen LogP contribution in [0.1, 0.15) is 6.42 Å². The molecule has 3 atom stereocenters. The molecule has 0 radical (unpaired) electrons. The van der Waals surface area contributed by atoms with Gasteiger partial charge in [0.1, 0.15) is 6.61 Å². The van der Waals surface area contributed by atoms with E-state index in [0.29, 0.717) is 18.3 Å². The number of carbonyl (C=O) groups is 1. The molecule has 1 aromatic rings. The van der Waals surface area contributed by atoms with Crippen molar-refractivity contribution in [3.8, 4) is 11.5 Å². The van der Waals surface area contributed by atoms with E-state index in [1.807, 2.05) is 29.2 Å². The molecule has 0 saturated carbocycles. The largest absolute Gasteiger partial charge is 0.485 e. The number of halogens is 1. The lowest BCUT2D eigenvalue weighted by Gasteiger charge is -2.37. The van der Waals surface area contributed by atoms with Crippen LogP contribution < -0.4 is 14.8 Å². The molecule has 0 spiro atoms. The molecule has 0 bridgehead atoms. The Kier molecular flexibility index (Phi) is 4.45. The molecule has 1 amide bonds. The molecule has 3 unspecified atom stereocenters. The van der Waals surface area contributed by atoms with Crippen molar-refractivity contribution in [1.29, 1.82) is 0 Å². The number of ether oxygens (including phenoxy) is 2. The molecule has 3 aliphatic heterocycles. The van der Waals surface area contributed by atoms with Gasteiger partial charge in [0, 0.05) is 13.1 Å². The first kappa shape index (κ1) is 15.4. The highest BCUT2D eigenvalue weighted by atomic mass is 35.5. The SMILES string of the molecule is Cl.O=C(C1COc2ccccc2O1)N1CCC2CNCC2C1. The molecule has 22 heavy (non-hydrogen) atoms. The summed E-state index contributed by atoms with van der Waals surface area (Å²) in [5.74, 6) is 2.78. The number of benzene rings is 1. The molecule has 5 nitrogen and oxygen atoms in total. The number of fused-ring (bicyclic) bond motifs is 2. The Hall–Kier alpha value is -1.46. The van der Waals surface area contributed by atoms with Crippen molar-refractivity contribution in [2.45, 2.75) is 12.5 Å². The first-order valence-electron chi connectivity index (χ1n) is 7.69. The quantitative estimate of drug-likeness (QED) is 0.846. The number of hydrogen-bond donors (Lipinski definition) is 1. The average molecular weight is 325 g/mol. The van der Waals surface area contributed by atoms with Crippen LogP contribution in [0.15, 0.2) is 24.3 Å². The number of para-hydroxylation sites is 2. The second kappa shape index (κ2) is 6.34. The molecule has 1 N–H and O–H groups in total. The predicted octanol–water partition coefficient (Wildman–Crippen LogP) is 1.32. The fourth-order valence-electron chi connectivity index (χ4n) is 3.58. The molecule has 4 rings (SSSR count). The summed E-state index contributed by atoms with van der Waals surface area (Å²) in [7, 11) is 0. The molecule has 3 aliphatic rings. The number of amides is 1. The van der Waals surface area contributed by atoms with Crippen LogP contribution in [0.2, 0.25) is 0 Å². The van der Waals surface area contributed by atoms with E-state index in [2.05, 4.69) is 5.32 Å². The van der Waals surface area contributed by atoms with Crippen LogP contribution >= 0.6 is 12.4 Å². The van der Waals surface area contributed by atoms with Gasteiger partial charge in [-0.1, -0.05) is 12.1 Å². The zero-order valence-corrected chi connectivity index (χ0v) is 13.2. The van der Waals surface area contributed by atoms with Crippen LogP contribution in [0.3, 0.4) is 0 Å². The summed E-state index contributed by atoms with van der Waals surface area (Å²) >= 11 is 0. The Labute approximate surface area is 136 Å².